The average molecular weight is 114 g/mol. The van der Waals surface area contributed by atoms with Gasteiger partial charge < -0.3 is 0 Å². The maximum Gasteiger partial charge on any atom is -0.0324 e. The molecule has 0 aromatic heterocycles. The lowest BCUT2D eigenvalue weighted by Crippen LogP contribution is -1.47. The van der Waals surface area contributed by atoms with Gasteiger partial charge in [0.1, 0.15) is 0 Å². The van der Waals surface area contributed by atoms with Crippen molar-refractivity contribution in [1.29, 1.82) is 0 Å². The molecule has 0 aliphatic heterocycles. The summed E-state index contributed by atoms with van der Waals surface area (Å²) >= 11 is 3.86. The van der Waals surface area contributed by atoms with E-state index < -0.39 is 0 Å². The lowest BCUT2D eigenvalue weighted by atomic mass is 10.4. The van der Waals surface area contributed by atoms with Gasteiger partial charge in [-0.05, 0) is 11.8 Å². The molecule has 1 heteroatoms. The summed E-state index contributed by atoms with van der Waals surface area (Å²) in [6.45, 7) is 2.10. The van der Waals surface area contributed by atoms with Crippen LogP contribution in [0.25, 0.3) is 0 Å². The lowest BCUT2D eigenvalue weighted by molar-refractivity contribution is 1.22. The smallest absolute Gasteiger partial charge is 0.0324 e. The van der Waals surface area contributed by atoms with Crippen molar-refractivity contribution >= 4 is 12.6 Å². The second kappa shape index (κ2) is 5.83. The molecule has 0 aromatic carbocycles. The van der Waals surface area contributed by atoms with Gasteiger partial charge in [-0.3, -0.25) is 0 Å². The molecule has 0 saturated heterocycles. The van der Waals surface area contributed by atoms with Crippen LogP contribution in [-0.4, -0.2) is 0 Å². The first-order valence-electron chi connectivity index (χ1n) is 2.37. The Kier molecular flexibility index (Phi) is 5.69. The van der Waals surface area contributed by atoms with E-state index >= 15 is 0 Å². The summed E-state index contributed by atoms with van der Waals surface area (Å²) < 4.78 is 0. The van der Waals surface area contributed by atoms with E-state index in [1.165, 1.54) is 0 Å². The summed E-state index contributed by atoms with van der Waals surface area (Å²) in [4.78, 5) is 0. The third-order valence-electron chi connectivity index (χ3n) is 0.569. The van der Waals surface area contributed by atoms with Crippen LogP contribution in [0.3, 0.4) is 0 Å². The molecule has 0 rings (SSSR count). The maximum atomic E-state index is 3.86. The van der Waals surface area contributed by atoms with Crippen LogP contribution >= 0.6 is 12.6 Å². The van der Waals surface area contributed by atoms with Crippen LogP contribution in [0.4, 0.5) is 0 Å². The van der Waals surface area contributed by atoms with Crippen molar-refractivity contribution in [2.24, 2.45) is 0 Å². The van der Waals surface area contributed by atoms with Gasteiger partial charge in [0.15, 0.2) is 0 Å². The number of hydrogen-bond donors (Lipinski definition) is 1. The molecule has 0 aliphatic carbocycles. The first kappa shape index (κ1) is 6.83. The highest BCUT2D eigenvalue weighted by Crippen LogP contribution is 1.82. The van der Waals surface area contributed by atoms with Gasteiger partial charge in [-0.2, -0.15) is 12.6 Å². The van der Waals surface area contributed by atoms with Crippen LogP contribution in [0.1, 0.15) is 13.3 Å². The summed E-state index contributed by atoms with van der Waals surface area (Å²) in [6, 6.07) is 0. The highest BCUT2D eigenvalue weighted by molar-refractivity contribution is 7.83. The first-order valence-corrected chi connectivity index (χ1v) is 2.89. The third kappa shape index (κ3) is 5.83. The molecule has 0 heterocycles. The molecule has 7 heavy (non-hydrogen) atoms. The van der Waals surface area contributed by atoms with Gasteiger partial charge in [0.05, 0.1) is 0 Å². The summed E-state index contributed by atoms with van der Waals surface area (Å²) in [5, 5.41) is 1.71. The van der Waals surface area contributed by atoms with Gasteiger partial charge in [-0.1, -0.05) is 25.2 Å². The zero-order chi connectivity index (χ0) is 5.54. The molecule has 0 unspecified atom stereocenters. The fourth-order valence-corrected chi connectivity index (χ4v) is 0.364. The van der Waals surface area contributed by atoms with E-state index in [1.54, 1.807) is 5.41 Å². The minimum absolute atomic E-state index is 1.10. The quantitative estimate of drug-likeness (QED) is 0.413. The highest BCUT2D eigenvalue weighted by Gasteiger charge is 1.58. The molecule has 40 valence electrons. The van der Waals surface area contributed by atoms with Crippen LogP contribution in [0.15, 0.2) is 23.6 Å². The summed E-state index contributed by atoms with van der Waals surface area (Å²) in [6.07, 6.45) is 7.05. The number of allylic oxidation sites excluding steroid dienone is 3. The summed E-state index contributed by atoms with van der Waals surface area (Å²) in [5.41, 5.74) is 0. The SMILES string of the molecule is CC/C=C/C=C/S. The first-order chi connectivity index (χ1) is 3.41. The third-order valence-corrected chi connectivity index (χ3v) is 0.741. The molecule has 0 bridgehead atoms. The molecule has 0 aromatic rings. The molecular weight excluding hydrogens is 104 g/mol. The van der Waals surface area contributed by atoms with E-state index in [9.17, 15) is 0 Å². The fraction of sp³-hybridized carbons (Fsp3) is 0.333. The van der Waals surface area contributed by atoms with Crippen LogP contribution in [0.5, 0.6) is 0 Å². The second-order valence-electron chi connectivity index (χ2n) is 1.18. The Labute approximate surface area is 50.3 Å². The van der Waals surface area contributed by atoms with Gasteiger partial charge in [-0.15, -0.1) is 0 Å². The fourth-order valence-electron chi connectivity index (χ4n) is 0.264. The van der Waals surface area contributed by atoms with Gasteiger partial charge in [0.25, 0.3) is 0 Å². The van der Waals surface area contributed by atoms with E-state index in [4.69, 9.17) is 0 Å². The van der Waals surface area contributed by atoms with Crippen LogP contribution in [0.2, 0.25) is 0 Å². The Bertz CT molecular complexity index is 72.2. The van der Waals surface area contributed by atoms with E-state index in [0.29, 0.717) is 0 Å². The van der Waals surface area contributed by atoms with Crippen molar-refractivity contribution in [2.45, 2.75) is 13.3 Å². The Morgan fingerprint density at radius 3 is 2.57 bits per heavy atom. The predicted octanol–water partition coefficient (Wildman–Crippen LogP) is 2.40. The van der Waals surface area contributed by atoms with Gasteiger partial charge in [0.2, 0.25) is 0 Å². The molecule has 0 nitrogen and oxygen atoms in total. The van der Waals surface area contributed by atoms with Crippen molar-refractivity contribution in [3.8, 4) is 0 Å². The van der Waals surface area contributed by atoms with Crippen molar-refractivity contribution in [3.63, 3.8) is 0 Å². The average Bonchev–Trinajstić information content (AvgIpc) is 1.69. The van der Waals surface area contributed by atoms with Crippen molar-refractivity contribution in [3.05, 3.63) is 23.6 Å². The molecule has 0 N–H and O–H groups in total. The molecule has 0 radical (unpaired) electrons. The van der Waals surface area contributed by atoms with Gasteiger partial charge in [-0.25, -0.2) is 0 Å². The Morgan fingerprint density at radius 2 is 2.14 bits per heavy atom. The van der Waals surface area contributed by atoms with Gasteiger partial charge in [0, 0.05) is 0 Å². The summed E-state index contributed by atoms with van der Waals surface area (Å²) in [7, 11) is 0. The van der Waals surface area contributed by atoms with Crippen LogP contribution in [-0.2, 0) is 0 Å². The Hall–Kier alpha value is -0.170. The van der Waals surface area contributed by atoms with E-state index in [0.717, 1.165) is 6.42 Å². The van der Waals surface area contributed by atoms with E-state index in [1.807, 2.05) is 12.2 Å². The number of rotatable bonds is 2. The van der Waals surface area contributed by atoms with Crippen molar-refractivity contribution in [2.75, 3.05) is 0 Å². The second-order valence-corrected chi connectivity index (χ2v) is 1.48. The van der Waals surface area contributed by atoms with E-state index in [2.05, 4.69) is 25.6 Å². The molecule has 0 spiro atoms. The standard InChI is InChI=1S/C6H10S/c1-2-3-4-5-6-7/h3-7H,2H2,1H3/b4-3+,6-5+. The van der Waals surface area contributed by atoms with Gasteiger partial charge >= 0.3 is 0 Å². The molecular formula is C6H10S. The zero-order valence-corrected chi connectivity index (χ0v) is 5.36. The van der Waals surface area contributed by atoms with Crippen molar-refractivity contribution < 1.29 is 0 Å². The minimum atomic E-state index is 1.10. The number of hydrogen-bond acceptors (Lipinski definition) is 1. The molecule has 0 fully saturated rings. The predicted molar refractivity (Wildman–Crippen MR) is 37.6 cm³/mol. The normalized spacial score (nSPS) is 11.7. The maximum absolute atomic E-state index is 3.86. The molecule has 0 atom stereocenters. The molecule has 0 aliphatic rings. The van der Waals surface area contributed by atoms with Crippen LogP contribution < -0.4 is 0 Å². The minimum Gasteiger partial charge on any atom is -0.151 e. The monoisotopic (exact) mass is 114 g/mol. The highest BCUT2D eigenvalue weighted by atomic mass is 32.1. The lowest BCUT2D eigenvalue weighted by Gasteiger charge is -1.70. The Morgan fingerprint density at radius 1 is 1.43 bits per heavy atom. The number of thiol groups is 1. The molecule has 0 amide bonds. The van der Waals surface area contributed by atoms with Crippen LogP contribution in [0, 0.1) is 0 Å². The zero-order valence-electron chi connectivity index (χ0n) is 4.46. The summed E-state index contributed by atoms with van der Waals surface area (Å²) in [5.74, 6) is 0. The van der Waals surface area contributed by atoms with E-state index in [-0.39, 0.29) is 0 Å². The Balaban J connectivity index is 3.09. The molecule has 0 saturated carbocycles. The van der Waals surface area contributed by atoms with Crippen molar-refractivity contribution in [1.82, 2.24) is 0 Å². The largest absolute Gasteiger partial charge is 0.151 e. The topological polar surface area (TPSA) is 0 Å².